The molecule has 1 atom stereocenters. The number of piperidine rings is 1. The van der Waals surface area contributed by atoms with Gasteiger partial charge >= 0.3 is 18.1 Å². The highest BCUT2D eigenvalue weighted by Crippen LogP contribution is 2.29. The number of urea groups is 1. The summed E-state index contributed by atoms with van der Waals surface area (Å²) in [5.74, 6) is -1.31. The number of hydrogen-bond acceptors (Lipinski definition) is 6. The molecule has 0 spiro atoms. The summed E-state index contributed by atoms with van der Waals surface area (Å²) in [6, 6.07) is 12.3. The molecule has 2 N–H and O–H groups in total. The Labute approximate surface area is 204 Å². The summed E-state index contributed by atoms with van der Waals surface area (Å²) >= 11 is 0. The van der Waals surface area contributed by atoms with E-state index >= 15 is 0 Å². The van der Waals surface area contributed by atoms with E-state index in [2.05, 4.69) is 25.3 Å². The molecule has 2 heterocycles. The molecule has 3 aromatic rings. The zero-order chi connectivity index (χ0) is 25.7. The topological polar surface area (TPSA) is 110 Å². The van der Waals surface area contributed by atoms with Crippen molar-refractivity contribution in [1.29, 1.82) is 0 Å². The normalized spacial score (nSPS) is 15.9. The number of ether oxygens (including phenoxy) is 1. The lowest BCUT2D eigenvalue weighted by molar-refractivity contribution is -0.159. The van der Waals surface area contributed by atoms with Crippen molar-refractivity contribution in [3.8, 4) is 17.1 Å². The number of rotatable bonds is 6. The number of nitrogens with one attached hydrogen (secondary N) is 2. The first kappa shape index (κ1) is 25.0. The Balaban J connectivity index is 1.36. The average molecular weight is 503 g/mol. The fourth-order valence-corrected chi connectivity index (χ4v) is 3.91. The van der Waals surface area contributed by atoms with Crippen LogP contribution in [0.4, 0.5) is 23.7 Å². The molecule has 0 radical (unpaired) electrons. The molecule has 9 nitrogen and oxygen atoms in total. The second-order valence-corrected chi connectivity index (χ2v) is 8.21. The molecule has 3 amide bonds. The summed E-state index contributed by atoms with van der Waals surface area (Å²) in [6.07, 6.45) is -2.21. The third kappa shape index (κ3) is 5.93. The molecule has 0 bridgehead atoms. The minimum absolute atomic E-state index is 0.187. The number of benzene rings is 2. The third-order valence-corrected chi connectivity index (χ3v) is 5.78. The van der Waals surface area contributed by atoms with Crippen LogP contribution in [0.25, 0.3) is 11.4 Å². The first-order valence-corrected chi connectivity index (χ1v) is 11.3. The van der Waals surface area contributed by atoms with Crippen molar-refractivity contribution >= 4 is 17.6 Å². The van der Waals surface area contributed by atoms with Crippen molar-refractivity contribution in [1.82, 2.24) is 20.4 Å². The van der Waals surface area contributed by atoms with Crippen LogP contribution in [0.3, 0.4) is 0 Å². The predicted molar refractivity (Wildman–Crippen MR) is 123 cm³/mol. The van der Waals surface area contributed by atoms with E-state index in [4.69, 9.17) is 4.74 Å². The lowest BCUT2D eigenvalue weighted by Gasteiger charge is -2.35. The molecule has 1 saturated heterocycles. The number of anilines is 1. The number of hydrogen-bond donors (Lipinski definition) is 2. The Hall–Kier alpha value is -4.09. The fourth-order valence-electron chi connectivity index (χ4n) is 3.91. The van der Waals surface area contributed by atoms with E-state index in [9.17, 15) is 22.8 Å². The highest BCUT2D eigenvalue weighted by atomic mass is 19.4. The van der Waals surface area contributed by atoms with Gasteiger partial charge in [-0.2, -0.15) is 18.2 Å². The molecule has 12 heteroatoms. The molecule has 36 heavy (non-hydrogen) atoms. The van der Waals surface area contributed by atoms with E-state index in [0.717, 1.165) is 19.3 Å². The first-order valence-electron chi connectivity index (χ1n) is 11.3. The molecule has 0 saturated carbocycles. The summed E-state index contributed by atoms with van der Waals surface area (Å²) < 4.78 is 47.4. The highest BCUT2D eigenvalue weighted by molar-refractivity contribution is 5.94. The summed E-state index contributed by atoms with van der Waals surface area (Å²) in [7, 11) is 1.53. The van der Waals surface area contributed by atoms with E-state index in [1.807, 2.05) is 0 Å². The molecule has 190 valence electrons. The van der Waals surface area contributed by atoms with Gasteiger partial charge in [-0.15, -0.1) is 0 Å². The number of methoxy groups -OCH3 is 1. The average Bonchev–Trinajstić information content (AvgIpc) is 3.39. The second-order valence-electron chi connectivity index (χ2n) is 8.21. The van der Waals surface area contributed by atoms with Crippen LogP contribution >= 0.6 is 0 Å². The van der Waals surface area contributed by atoms with Gasteiger partial charge in [-0.1, -0.05) is 11.2 Å². The number of amides is 3. The summed E-state index contributed by atoms with van der Waals surface area (Å²) in [5.41, 5.74) is 1.22. The lowest BCUT2D eigenvalue weighted by atomic mass is 10.0. The summed E-state index contributed by atoms with van der Waals surface area (Å²) in [4.78, 5) is 30.6. The van der Waals surface area contributed by atoms with Gasteiger partial charge in [-0.3, -0.25) is 4.79 Å². The second kappa shape index (κ2) is 10.7. The highest BCUT2D eigenvalue weighted by Gasteiger charge is 2.38. The van der Waals surface area contributed by atoms with Crippen molar-refractivity contribution < 1.29 is 32.0 Å². The van der Waals surface area contributed by atoms with Gasteiger partial charge < -0.3 is 24.8 Å². The third-order valence-electron chi connectivity index (χ3n) is 5.78. The monoisotopic (exact) mass is 503 g/mol. The summed E-state index contributed by atoms with van der Waals surface area (Å²) in [6.45, 7) is 0.828. The SMILES string of the molecule is COc1cccc(C(=O)NCC2CCCCN2C(=O)Nc2ccc(-c3noc(C(F)(F)F)n3)cc2)c1. The van der Waals surface area contributed by atoms with E-state index in [1.54, 1.807) is 41.3 Å². The number of likely N-dealkylation sites (tertiary alicyclic amines) is 1. The van der Waals surface area contributed by atoms with Crippen LogP contribution in [0.15, 0.2) is 53.1 Å². The molecule has 1 fully saturated rings. The molecule has 4 rings (SSSR count). The van der Waals surface area contributed by atoms with Gasteiger partial charge in [0.25, 0.3) is 5.91 Å². The Bertz CT molecular complexity index is 1210. The van der Waals surface area contributed by atoms with Crippen molar-refractivity contribution in [2.24, 2.45) is 0 Å². The van der Waals surface area contributed by atoms with Crippen molar-refractivity contribution in [3.05, 3.63) is 60.0 Å². The van der Waals surface area contributed by atoms with Crippen molar-refractivity contribution in [3.63, 3.8) is 0 Å². The van der Waals surface area contributed by atoms with E-state index in [1.165, 1.54) is 19.2 Å². The Morgan fingerprint density at radius 1 is 1.17 bits per heavy atom. The van der Waals surface area contributed by atoms with E-state index < -0.39 is 12.1 Å². The standard InChI is InChI=1S/C24H24F3N5O4/c1-35-19-7-4-5-16(13-19)21(33)28-14-18-6-2-3-12-32(18)23(34)29-17-10-8-15(9-11-17)20-30-22(36-31-20)24(25,26)27/h4-5,7-11,13,18H,2-3,6,12,14H2,1H3,(H,28,33)(H,29,34). The van der Waals surface area contributed by atoms with Crippen LogP contribution in [0.5, 0.6) is 5.75 Å². The quantitative estimate of drug-likeness (QED) is 0.510. The zero-order valence-electron chi connectivity index (χ0n) is 19.3. The fraction of sp³-hybridized carbons (Fsp3) is 0.333. The molecule has 1 aliphatic heterocycles. The smallest absolute Gasteiger partial charge is 0.471 e. The number of aromatic nitrogens is 2. The Kier molecular flexibility index (Phi) is 7.41. The molecule has 1 unspecified atom stereocenters. The van der Waals surface area contributed by atoms with Gasteiger partial charge in [0.05, 0.1) is 13.2 Å². The summed E-state index contributed by atoms with van der Waals surface area (Å²) in [5, 5.41) is 9.04. The number of alkyl halides is 3. The maximum absolute atomic E-state index is 13.0. The minimum atomic E-state index is -4.72. The number of halogens is 3. The van der Waals surface area contributed by atoms with E-state index in [-0.39, 0.29) is 23.8 Å². The van der Waals surface area contributed by atoms with Gasteiger partial charge in [-0.05, 0) is 61.7 Å². The molecular formula is C24H24F3N5O4. The van der Waals surface area contributed by atoms with Gasteiger partial charge in [0, 0.05) is 29.9 Å². The van der Waals surface area contributed by atoms with Gasteiger partial charge in [-0.25, -0.2) is 4.79 Å². The Morgan fingerprint density at radius 3 is 2.64 bits per heavy atom. The van der Waals surface area contributed by atoms with Gasteiger partial charge in [0.15, 0.2) is 0 Å². The lowest BCUT2D eigenvalue weighted by Crippen LogP contribution is -2.50. The molecule has 1 aliphatic rings. The maximum atomic E-state index is 13.0. The number of nitrogens with zero attached hydrogens (tertiary/aromatic N) is 3. The number of carbonyl (C=O) groups excluding carboxylic acids is 2. The minimum Gasteiger partial charge on any atom is -0.497 e. The van der Waals surface area contributed by atoms with Crippen LogP contribution in [-0.4, -0.2) is 53.2 Å². The van der Waals surface area contributed by atoms with Crippen LogP contribution in [-0.2, 0) is 6.18 Å². The first-order chi connectivity index (χ1) is 17.2. The molecule has 2 aromatic carbocycles. The van der Waals surface area contributed by atoms with Crippen molar-refractivity contribution in [2.75, 3.05) is 25.5 Å². The molecule has 1 aromatic heterocycles. The zero-order valence-corrected chi connectivity index (χ0v) is 19.3. The largest absolute Gasteiger partial charge is 0.497 e. The predicted octanol–water partition coefficient (Wildman–Crippen LogP) is 4.58. The van der Waals surface area contributed by atoms with Crippen LogP contribution in [0.2, 0.25) is 0 Å². The number of carbonyl (C=O) groups is 2. The van der Waals surface area contributed by atoms with Crippen LogP contribution in [0, 0.1) is 0 Å². The van der Waals surface area contributed by atoms with Gasteiger partial charge in [0.1, 0.15) is 5.75 Å². The molecular weight excluding hydrogens is 479 g/mol. The van der Waals surface area contributed by atoms with Crippen LogP contribution in [0.1, 0.15) is 35.5 Å². The maximum Gasteiger partial charge on any atom is 0.471 e. The van der Waals surface area contributed by atoms with Crippen LogP contribution < -0.4 is 15.4 Å². The molecule has 0 aliphatic carbocycles. The van der Waals surface area contributed by atoms with Crippen molar-refractivity contribution in [2.45, 2.75) is 31.5 Å². The van der Waals surface area contributed by atoms with Gasteiger partial charge in [0.2, 0.25) is 5.82 Å². The Morgan fingerprint density at radius 2 is 1.94 bits per heavy atom. The van der Waals surface area contributed by atoms with E-state index in [0.29, 0.717) is 35.7 Å².